The molecule has 5 nitrogen and oxygen atoms in total. The highest BCUT2D eigenvalue weighted by molar-refractivity contribution is 9.10. The Labute approximate surface area is 158 Å². The van der Waals surface area contributed by atoms with Gasteiger partial charge in [-0.25, -0.2) is 0 Å². The van der Waals surface area contributed by atoms with E-state index >= 15 is 0 Å². The van der Waals surface area contributed by atoms with Gasteiger partial charge in [-0.05, 0) is 42.5 Å². The van der Waals surface area contributed by atoms with Crippen molar-refractivity contribution in [2.75, 3.05) is 16.9 Å². The molecule has 1 heterocycles. The second kappa shape index (κ2) is 7.72. The average Bonchev–Trinajstić information content (AvgIpc) is 3.11. The Hall–Kier alpha value is -2.30. The second-order valence-corrected chi connectivity index (χ2v) is 7.39. The van der Waals surface area contributed by atoms with Crippen LogP contribution >= 0.6 is 27.7 Å². The van der Waals surface area contributed by atoms with Crippen molar-refractivity contribution in [3.63, 3.8) is 0 Å². The molecule has 25 heavy (non-hydrogen) atoms. The van der Waals surface area contributed by atoms with Crippen LogP contribution in [0.5, 0.6) is 0 Å². The van der Waals surface area contributed by atoms with Crippen molar-refractivity contribution >= 4 is 45.2 Å². The molecule has 0 saturated carbocycles. The normalized spacial score (nSPS) is 16.3. The molecule has 3 rings (SSSR count). The first-order valence-electron chi connectivity index (χ1n) is 7.54. The summed E-state index contributed by atoms with van der Waals surface area (Å²) in [4.78, 5) is 26.9. The standard InChI is InChI=1S/C18H14BrN3O2S/c19-14-3-1-2-13(8-14)18(24)22-11-25-10-16(22)17(23)21-15-6-4-12(9-20)5-7-15/h1-8,16H,10-11H2,(H,21,23). The lowest BCUT2D eigenvalue weighted by Gasteiger charge is -2.23. The number of carbonyl (C=O) groups is 2. The molecular formula is C18H14BrN3O2S. The first-order valence-corrected chi connectivity index (χ1v) is 9.48. The molecule has 2 aromatic rings. The van der Waals surface area contributed by atoms with E-state index in [1.807, 2.05) is 12.1 Å². The molecule has 1 saturated heterocycles. The van der Waals surface area contributed by atoms with E-state index in [4.69, 9.17) is 5.26 Å². The third-order valence-corrected chi connectivity index (χ3v) is 5.30. The van der Waals surface area contributed by atoms with Crippen LogP contribution < -0.4 is 5.32 Å². The minimum atomic E-state index is -0.521. The Morgan fingerprint density at radius 1 is 1.24 bits per heavy atom. The lowest BCUT2D eigenvalue weighted by Crippen LogP contribution is -2.44. The maximum atomic E-state index is 12.7. The summed E-state index contributed by atoms with van der Waals surface area (Å²) in [6.45, 7) is 0. The molecular weight excluding hydrogens is 402 g/mol. The summed E-state index contributed by atoms with van der Waals surface area (Å²) in [5, 5.41) is 11.6. The van der Waals surface area contributed by atoms with Gasteiger partial charge < -0.3 is 10.2 Å². The average molecular weight is 416 g/mol. The lowest BCUT2D eigenvalue weighted by molar-refractivity contribution is -0.119. The summed E-state index contributed by atoms with van der Waals surface area (Å²) in [6.07, 6.45) is 0. The molecule has 0 bridgehead atoms. The molecule has 0 spiro atoms. The van der Waals surface area contributed by atoms with Crippen molar-refractivity contribution in [2.45, 2.75) is 6.04 Å². The van der Waals surface area contributed by atoms with Crippen LogP contribution in [-0.2, 0) is 4.79 Å². The summed E-state index contributed by atoms with van der Waals surface area (Å²) >= 11 is 4.91. The van der Waals surface area contributed by atoms with Gasteiger partial charge in [-0.2, -0.15) is 5.26 Å². The number of benzene rings is 2. The van der Waals surface area contributed by atoms with Gasteiger partial charge in [-0.15, -0.1) is 11.8 Å². The fourth-order valence-electron chi connectivity index (χ4n) is 2.50. The van der Waals surface area contributed by atoms with E-state index in [0.29, 0.717) is 28.4 Å². The van der Waals surface area contributed by atoms with E-state index in [1.54, 1.807) is 59.1 Å². The van der Waals surface area contributed by atoms with Gasteiger partial charge in [0.2, 0.25) is 5.91 Å². The molecule has 1 aliphatic heterocycles. The first-order chi connectivity index (χ1) is 12.1. The van der Waals surface area contributed by atoms with Crippen molar-refractivity contribution in [2.24, 2.45) is 0 Å². The van der Waals surface area contributed by atoms with Crippen molar-refractivity contribution in [3.8, 4) is 6.07 Å². The van der Waals surface area contributed by atoms with Crippen LogP contribution in [0.15, 0.2) is 53.0 Å². The van der Waals surface area contributed by atoms with Gasteiger partial charge in [0.15, 0.2) is 0 Å². The highest BCUT2D eigenvalue weighted by Crippen LogP contribution is 2.25. The molecule has 7 heteroatoms. The topological polar surface area (TPSA) is 73.2 Å². The zero-order valence-corrected chi connectivity index (χ0v) is 15.5. The van der Waals surface area contributed by atoms with Gasteiger partial charge in [0.1, 0.15) is 6.04 Å². The molecule has 1 aliphatic rings. The van der Waals surface area contributed by atoms with Crippen LogP contribution in [0.25, 0.3) is 0 Å². The van der Waals surface area contributed by atoms with E-state index in [-0.39, 0.29) is 11.8 Å². The monoisotopic (exact) mass is 415 g/mol. The van der Waals surface area contributed by atoms with Gasteiger partial charge in [-0.3, -0.25) is 9.59 Å². The number of hydrogen-bond donors (Lipinski definition) is 1. The molecule has 1 unspecified atom stereocenters. The number of nitrogens with one attached hydrogen (secondary N) is 1. The minimum absolute atomic E-state index is 0.161. The molecule has 126 valence electrons. The zero-order chi connectivity index (χ0) is 17.8. The summed E-state index contributed by atoms with van der Waals surface area (Å²) < 4.78 is 0.823. The Morgan fingerprint density at radius 3 is 2.68 bits per heavy atom. The number of halogens is 1. The minimum Gasteiger partial charge on any atom is -0.324 e. The number of thioether (sulfide) groups is 1. The number of anilines is 1. The summed E-state index contributed by atoms with van der Waals surface area (Å²) in [5.74, 6) is 0.655. The summed E-state index contributed by atoms with van der Waals surface area (Å²) in [7, 11) is 0. The molecule has 1 fully saturated rings. The maximum Gasteiger partial charge on any atom is 0.255 e. The van der Waals surface area contributed by atoms with Gasteiger partial charge in [0, 0.05) is 21.5 Å². The van der Waals surface area contributed by atoms with E-state index in [2.05, 4.69) is 21.2 Å². The maximum absolute atomic E-state index is 12.7. The van der Waals surface area contributed by atoms with Gasteiger partial charge in [0.05, 0.1) is 17.5 Å². The third-order valence-electron chi connectivity index (χ3n) is 3.80. The highest BCUT2D eigenvalue weighted by atomic mass is 79.9. The van der Waals surface area contributed by atoms with Crippen LogP contribution in [0, 0.1) is 11.3 Å². The Kier molecular flexibility index (Phi) is 5.41. The molecule has 2 amide bonds. The molecule has 1 N–H and O–H groups in total. The predicted octanol–water partition coefficient (Wildman–Crippen LogP) is 3.47. The summed E-state index contributed by atoms with van der Waals surface area (Å²) in [5.41, 5.74) is 1.68. The lowest BCUT2D eigenvalue weighted by atomic mass is 10.1. The van der Waals surface area contributed by atoms with Crippen LogP contribution in [0.1, 0.15) is 15.9 Å². The number of nitriles is 1. The van der Waals surface area contributed by atoms with Gasteiger partial charge in [0.25, 0.3) is 5.91 Å². The quantitative estimate of drug-likeness (QED) is 0.832. The Morgan fingerprint density at radius 2 is 2.00 bits per heavy atom. The third kappa shape index (κ3) is 4.03. The smallest absolute Gasteiger partial charge is 0.255 e. The molecule has 0 radical (unpaired) electrons. The second-order valence-electron chi connectivity index (χ2n) is 5.48. The molecule has 1 atom stereocenters. The van der Waals surface area contributed by atoms with E-state index in [9.17, 15) is 9.59 Å². The zero-order valence-electron chi connectivity index (χ0n) is 13.1. The van der Waals surface area contributed by atoms with E-state index in [0.717, 1.165) is 4.47 Å². The Balaban J connectivity index is 1.73. The van der Waals surface area contributed by atoms with Crippen LogP contribution in [0.2, 0.25) is 0 Å². The molecule has 0 aromatic heterocycles. The number of rotatable bonds is 3. The van der Waals surface area contributed by atoms with Crippen molar-refractivity contribution in [1.82, 2.24) is 4.90 Å². The number of amides is 2. The Bertz CT molecular complexity index is 848. The van der Waals surface area contributed by atoms with E-state index < -0.39 is 6.04 Å². The van der Waals surface area contributed by atoms with Crippen molar-refractivity contribution in [1.29, 1.82) is 5.26 Å². The largest absolute Gasteiger partial charge is 0.324 e. The number of hydrogen-bond acceptors (Lipinski definition) is 4. The van der Waals surface area contributed by atoms with Gasteiger partial charge >= 0.3 is 0 Å². The van der Waals surface area contributed by atoms with E-state index in [1.165, 1.54) is 0 Å². The molecule has 0 aliphatic carbocycles. The first kappa shape index (κ1) is 17.5. The SMILES string of the molecule is N#Cc1ccc(NC(=O)C2CSCN2C(=O)c2cccc(Br)c2)cc1. The highest BCUT2D eigenvalue weighted by Gasteiger charge is 2.35. The van der Waals surface area contributed by atoms with Crippen LogP contribution in [0.4, 0.5) is 5.69 Å². The number of nitrogens with zero attached hydrogens (tertiary/aromatic N) is 2. The fraction of sp³-hybridized carbons (Fsp3) is 0.167. The number of carbonyl (C=O) groups excluding carboxylic acids is 2. The van der Waals surface area contributed by atoms with Crippen LogP contribution in [0.3, 0.4) is 0 Å². The summed E-state index contributed by atoms with van der Waals surface area (Å²) in [6, 6.07) is 15.3. The molecule has 2 aromatic carbocycles. The predicted molar refractivity (Wildman–Crippen MR) is 101 cm³/mol. The van der Waals surface area contributed by atoms with Crippen LogP contribution in [-0.4, -0.2) is 34.4 Å². The van der Waals surface area contributed by atoms with Gasteiger partial charge in [-0.1, -0.05) is 22.0 Å². The fourth-order valence-corrected chi connectivity index (χ4v) is 4.05. The van der Waals surface area contributed by atoms with Crippen molar-refractivity contribution in [3.05, 3.63) is 64.1 Å². The van der Waals surface area contributed by atoms with Crippen molar-refractivity contribution < 1.29 is 9.59 Å².